The molecule has 3 aromatic rings. The highest BCUT2D eigenvalue weighted by Crippen LogP contribution is 2.37. The lowest BCUT2D eigenvalue weighted by Crippen LogP contribution is -2.22. The number of nitrogens with one attached hydrogen (secondary N) is 1. The highest BCUT2D eigenvalue weighted by Gasteiger charge is 2.15. The number of rotatable bonds is 11. The van der Waals surface area contributed by atoms with Crippen LogP contribution in [0.1, 0.15) is 30.0 Å². The Labute approximate surface area is 213 Å². The molecule has 182 valence electrons. The van der Waals surface area contributed by atoms with Crippen molar-refractivity contribution in [2.45, 2.75) is 13.3 Å². The van der Waals surface area contributed by atoms with Gasteiger partial charge in [-0.05, 0) is 52.5 Å². The van der Waals surface area contributed by atoms with E-state index in [4.69, 9.17) is 16.3 Å². The molecule has 0 aliphatic heterocycles. The Morgan fingerprint density at radius 1 is 0.943 bits per heavy atom. The van der Waals surface area contributed by atoms with Crippen LogP contribution in [0.2, 0.25) is 5.02 Å². The molecule has 0 aliphatic carbocycles. The summed E-state index contributed by atoms with van der Waals surface area (Å²) in [5.41, 5.74) is 5.72. The van der Waals surface area contributed by atoms with E-state index in [9.17, 15) is 4.79 Å². The molecule has 0 saturated heterocycles. The van der Waals surface area contributed by atoms with Crippen LogP contribution in [-0.2, 0) is 4.79 Å². The summed E-state index contributed by atoms with van der Waals surface area (Å²) in [4.78, 5) is 13.1. The third-order valence-corrected chi connectivity index (χ3v) is 5.90. The number of carbonyl (C=O) groups is 1. The van der Waals surface area contributed by atoms with Gasteiger partial charge < -0.3 is 15.0 Å². The monoisotopic (exact) mass is 488 g/mol. The lowest BCUT2D eigenvalue weighted by Gasteiger charge is -2.17. The molecule has 0 bridgehead atoms. The highest BCUT2D eigenvalue weighted by atomic mass is 35.5. The molecule has 35 heavy (non-hydrogen) atoms. The number of halogens is 1. The Hall–Kier alpha value is -3.34. The first kappa shape index (κ1) is 26.3. The minimum atomic E-state index is -0.0205. The number of hydrogen-bond donors (Lipinski definition) is 1. The fourth-order valence-corrected chi connectivity index (χ4v) is 4.03. The predicted octanol–water partition coefficient (Wildman–Crippen LogP) is 6.32. The lowest BCUT2D eigenvalue weighted by molar-refractivity contribution is -0.123. The molecule has 0 heterocycles. The van der Waals surface area contributed by atoms with Crippen LogP contribution < -0.4 is 10.1 Å². The summed E-state index contributed by atoms with van der Waals surface area (Å²) in [5, 5.41) is 4.00. The summed E-state index contributed by atoms with van der Waals surface area (Å²) in [6.07, 6.45) is 4.24. The average molecular weight is 489 g/mol. The zero-order valence-corrected chi connectivity index (χ0v) is 21.4. The van der Waals surface area contributed by atoms with E-state index in [0.717, 1.165) is 33.9 Å². The number of nitrogens with zero attached hydrogens (tertiary/aromatic N) is 1. The number of benzene rings is 3. The van der Waals surface area contributed by atoms with Crippen LogP contribution >= 0.6 is 11.6 Å². The molecule has 4 nitrogen and oxygen atoms in total. The zero-order valence-electron chi connectivity index (χ0n) is 20.6. The van der Waals surface area contributed by atoms with E-state index >= 15 is 0 Å². The molecule has 3 aromatic carbocycles. The van der Waals surface area contributed by atoms with Gasteiger partial charge in [-0.2, -0.15) is 0 Å². The van der Waals surface area contributed by atoms with Gasteiger partial charge in [0.1, 0.15) is 12.4 Å². The Morgan fingerprint density at radius 2 is 1.60 bits per heavy atom. The van der Waals surface area contributed by atoms with Crippen LogP contribution in [0.25, 0.3) is 11.1 Å². The van der Waals surface area contributed by atoms with Gasteiger partial charge in [-0.1, -0.05) is 85.3 Å². The van der Waals surface area contributed by atoms with Crippen LogP contribution in [0.4, 0.5) is 0 Å². The molecule has 3 rings (SSSR count). The molecule has 1 N–H and O–H groups in total. The van der Waals surface area contributed by atoms with Gasteiger partial charge in [0.15, 0.2) is 0 Å². The van der Waals surface area contributed by atoms with Crippen molar-refractivity contribution in [3.8, 4) is 5.75 Å². The van der Waals surface area contributed by atoms with Crippen LogP contribution in [0.3, 0.4) is 0 Å². The smallest absolute Gasteiger partial charge is 0.245 e. The summed E-state index contributed by atoms with van der Waals surface area (Å²) in [6.45, 7) is 4.01. The predicted molar refractivity (Wildman–Crippen MR) is 147 cm³/mol. The van der Waals surface area contributed by atoms with Gasteiger partial charge in [0.05, 0.1) is 0 Å². The van der Waals surface area contributed by atoms with Crippen molar-refractivity contribution in [2.24, 2.45) is 0 Å². The normalized spacial score (nSPS) is 11.9. The Morgan fingerprint density at radius 3 is 2.26 bits per heavy atom. The first-order valence-electron chi connectivity index (χ1n) is 11.9. The SMILES string of the molecule is CC/C(=C(\c1ccccc1)c1ccc(OCCNC/C=C/C(=O)N(C)C)cc1)c1ccccc1Cl. The van der Waals surface area contributed by atoms with E-state index < -0.39 is 0 Å². The molecule has 5 heteroatoms. The van der Waals surface area contributed by atoms with Crippen molar-refractivity contribution in [1.82, 2.24) is 10.2 Å². The molecule has 0 fully saturated rings. The lowest BCUT2D eigenvalue weighted by atomic mass is 9.88. The Kier molecular flexibility index (Phi) is 10.1. The molecule has 0 aliphatic rings. The van der Waals surface area contributed by atoms with Gasteiger partial charge >= 0.3 is 0 Å². The number of amides is 1. The molecule has 1 amide bonds. The number of allylic oxidation sites excluding steroid dienone is 1. The topological polar surface area (TPSA) is 41.6 Å². The Balaban J connectivity index is 1.72. The fourth-order valence-electron chi connectivity index (χ4n) is 3.78. The van der Waals surface area contributed by atoms with Gasteiger partial charge in [0.25, 0.3) is 0 Å². The van der Waals surface area contributed by atoms with Crippen molar-refractivity contribution in [3.05, 3.63) is 113 Å². The second kappa shape index (κ2) is 13.5. The molecule has 0 saturated carbocycles. The standard InChI is InChI=1S/C30H33ClN2O2/c1-4-26(27-13-8-9-14-28(27)31)30(23-11-6-5-7-12-23)24-16-18-25(19-17-24)35-22-21-32-20-10-15-29(34)33(2)3/h5-19,32H,4,20-22H2,1-3H3/b15-10+,30-26-. The highest BCUT2D eigenvalue weighted by molar-refractivity contribution is 6.32. The van der Waals surface area contributed by atoms with Crippen molar-refractivity contribution in [2.75, 3.05) is 33.8 Å². The van der Waals surface area contributed by atoms with Crippen LogP contribution in [-0.4, -0.2) is 44.6 Å². The second-order valence-electron chi connectivity index (χ2n) is 8.26. The molecule has 0 aromatic heterocycles. The van der Waals surface area contributed by atoms with Gasteiger partial charge in [-0.3, -0.25) is 4.79 Å². The van der Waals surface area contributed by atoms with Gasteiger partial charge in [-0.15, -0.1) is 0 Å². The maximum Gasteiger partial charge on any atom is 0.245 e. The van der Waals surface area contributed by atoms with Crippen molar-refractivity contribution in [3.63, 3.8) is 0 Å². The van der Waals surface area contributed by atoms with Crippen molar-refractivity contribution < 1.29 is 9.53 Å². The average Bonchev–Trinajstić information content (AvgIpc) is 2.88. The number of carbonyl (C=O) groups excluding carboxylic acids is 1. The van der Waals surface area contributed by atoms with E-state index in [0.29, 0.717) is 19.7 Å². The first-order valence-corrected chi connectivity index (χ1v) is 12.2. The quantitative estimate of drug-likeness (QED) is 0.195. The summed E-state index contributed by atoms with van der Waals surface area (Å²) in [7, 11) is 3.47. The van der Waals surface area contributed by atoms with Crippen molar-refractivity contribution >= 4 is 28.7 Å². The summed E-state index contributed by atoms with van der Waals surface area (Å²) < 4.78 is 5.90. The summed E-state index contributed by atoms with van der Waals surface area (Å²) in [5.74, 6) is 0.796. The van der Waals surface area contributed by atoms with Gasteiger partial charge in [0.2, 0.25) is 5.91 Å². The van der Waals surface area contributed by atoms with Gasteiger partial charge in [-0.25, -0.2) is 0 Å². The zero-order chi connectivity index (χ0) is 25.0. The number of likely N-dealkylation sites (N-methyl/N-ethyl adjacent to an activating group) is 1. The maximum atomic E-state index is 11.5. The molecule has 0 unspecified atom stereocenters. The van der Waals surface area contributed by atoms with E-state index in [-0.39, 0.29) is 5.91 Å². The maximum absolute atomic E-state index is 11.5. The van der Waals surface area contributed by atoms with Gasteiger partial charge in [0, 0.05) is 38.3 Å². The Bertz CT molecular complexity index is 1150. The number of ether oxygens (including phenoxy) is 1. The molecule has 0 spiro atoms. The van der Waals surface area contributed by atoms with E-state index in [1.54, 1.807) is 25.1 Å². The second-order valence-corrected chi connectivity index (χ2v) is 8.67. The third kappa shape index (κ3) is 7.57. The first-order chi connectivity index (χ1) is 17.0. The number of hydrogen-bond acceptors (Lipinski definition) is 3. The molecular weight excluding hydrogens is 456 g/mol. The molecule has 0 atom stereocenters. The van der Waals surface area contributed by atoms with E-state index in [1.165, 1.54) is 11.1 Å². The van der Waals surface area contributed by atoms with Crippen LogP contribution in [0.15, 0.2) is 91.0 Å². The largest absolute Gasteiger partial charge is 0.492 e. The third-order valence-electron chi connectivity index (χ3n) is 5.57. The van der Waals surface area contributed by atoms with Crippen LogP contribution in [0.5, 0.6) is 5.75 Å². The fraction of sp³-hybridized carbons (Fsp3) is 0.233. The van der Waals surface area contributed by atoms with E-state index in [2.05, 4.69) is 54.7 Å². The minimum absolute atomic E-state index is 0.0205. The van der Waals surface area contributed by atoms with Crippen molar-refractivity contribution in [1.29, 1.82) is 0 Å². The van der Waals surface area contributed by atoms with E-state index in [1.807, 2.05) is 42.5 Å². The minimum Gasteiger partial charge on any atom is -0.492 e. The summed E-state index contributed by atoms with van der Waals surface area (Å²) in [6, 6.07) is 26.7. The summed E-state index contributed by atoms with van der Waals surface area (Å²) >= 11 is 6.59. The molecular formula is C30H33ClN2O2. The molecule has 0 radical (unpaired) electrons. The van der Waals surface area contributed by atoms with Crippen LogP contribution in [0, 0.1) is 0 Å².